The number of halogens is 1. The molecule has 4 aromatic rings. The number of benzene rings is 2. The highest BCUT2D eigenvalue weighted by atomic mass is 35.5. The molecular formula is C27H27ClN6O2. The highest BCUT2D eigenvalue weighted by Gasteiger charge is 2.24. The molecule has 1 amide bonds. The molecule has 0 spiro atoms. The van der Waals surface area contributed by atoms with Crippen molar-refractivity contribution in [1.29, 1.82) is 0 Å². The summed E-state index contributed by atoms with van der Waals surface area (Å²) in [6.45, 7) is 4.42. The van der Waals surface area contributed by atoms with E-state index in [4.69, 9.17) is 27.1 Å². The Morgan fingerprint density at radius 3 is 2.36 bits per heavy atom. The Labute approximate surface area is 214 Å². The van der Waals surface area contributed by atoms with Crippen molar-refractivity contribution in [2.45, 2.75) is 13.3 Å². The van der Waals surface area contributed by atoms with Crippen LogP contribution in [0.4, 0.5) is 11.8 Å². The van der Waals surface area contributed by atoms with Crippen LogP contribution in [-0.4, -0.2) is 58.5 Å². The Morgan fingerprint density at radius 1 is 0.944 bits per heavy atom. The summed E-state index contributed by atoms with van der Waals surface area (Å²) in [7, 11) is 0. The molecule has 5 rings (SSSR count). The molecule has 1 aliphatic rings. The standard InChI is InChI=1S/C27H27ClN6O2/c1-2-18-3-5-19(6-4-18)22-11-12-23-25(30-22)26(32-27(29)31-23)34-15-13-33(14-16-34)24(35)17-36-21-9-7-20(28)8-10-21/h3-12H,2,13-17H2,1H3,(H2,29,31,32). The summed E-state index contributed by atoms with van der Waals surface area (Å²) in [5, 5.41) is 0.624. The van der Waals surface area contributed by atoms with Gasteiger partial charge in [-0.3, -0.25) is 4.79 Å². The van der Waals surface area contributed by atoms with Crippen LogP contribution in [0.5, 0.6) is 5.75 Å². The van der Waals surface area contributed by atoms with E-state index in [1.807, 2.05) is 12.1 Å². The number of nitrogens with zero attached hydrogens (tertiary/aromatic N) is 5. The number of rotatable bonds is 6. The fraction of sp³-hybridized carbons (Fsp3) is 0.259. The van der Waals surface area contributed by atoms with Crippen molar-refractivity contribution < 1.29 is 9.53 Å². The molecule has 184 valence electrons. The van der Waals surface area contributed by atoms with Crippen LogP contribution in [0.2, 0.25) is 5.02 Å². The van der Waals surface area contributed by atoms with Crippen molar-refractivity contribution in [3.63, 3.8) is 0 Å². The van der Waals surface area contributed by atoms with Gasteiger partial charge in [0.25, 0.3) is 5.91 Å². The van der Waals surface area contributed by atoms with Crippen molar-refractivity contribution >= 4 is 40.3 Å². The molecule has 8 nitrogen and oxygen atoms in total. The minimum Gasteiger partial charge on any atom is -0.484 e. The average Bonchev–Trinajstić information content (AvgIpc) is 2.92. The van der Waals surface area contributed by atoms with Crippen LogP contribution < -0.4 is 15.4 Å². The molecule has 36 heavy (non-hydrogen) atoms. The Hall–Kier alpha value is -3.91. The SMILES string of the molecule is CCc1ccc(-c2ccc3nc(N)nc(N4CCN(C(=O)COc5ccc(Cl)cc5)CC4)c3n2)cc1. The Kier molecular flexibility index (Phi) is 6.86. The molecule has 0 unspecified atom stereocenters. The number of piperazine rings is 1. The predicted octanol–water partition coefficient (Wildman–Crippen LogP) is 4.22. The minimum atomic E-state index is -0.0624. The van der Waals surface area contributed by atoms with Crippen LogP contribution in [0, 0.1) is 0 Å². The number of aryl methyl sites for hydroxylation is 1. The summed E-state index contributed by atoms with van der Waals surface area (Å²) in [6, 6.07) is 19.3. The quantitative estimate of drug-likeness (QED) is 0.421. The zero-order valence-electron chi connectivity index (χ0n) is 20.0. The number of hydrogen-bond acceptors (Lipinski definition) is 7. The summed E-state index contributed by atoms with van der Waals surface area (Å²) in [4.78, 5) is 30.4. The smallest absolute Gasteiger partial charge is 0.260 e. The number of amides is 1. The Morgan fingerprint density at radius 2 is 1.67 bits per heavy atom. The van der Waals surface area contributed by atoms with E-state index in [9.17, 15) is 4.79 Å². The lowest BCUT2D eigenvalue weighted by molar-refractivity contribution is -0.133. The lowest BCUT2D eigenvalue weighted by atomic mass is 10.1. The van der Waals surface area contributed by atoms with Crippen LogP contribution >= 0.6 is 11.6 Å². The summed E-state index contributed by atoms with van der Waals surface area (Å²) < 4.78 is 5.62. The van der Waals surface area contributed by atoms with Crippen molar-refractivity contribution in [2.24, 2.45) is 0 Å². The van der Waals surface area contributed by atoms with Gasteiger partial charge in [-0.05, 0) is 48.4 Å². The number of anilines is 2. The van der Waals surface area contributed by atoms with Crippen molar-refractivity contribution in [2.75, 3.05) is 43.4 Å². The maximum Gasteiger partial charge on any atom is 0.260 e. The van der Waals surface area contributed by atoms with E-state index in [-0.39, 0.29) is 18.5 Å². The van der Waals surface area contributed by atoms with Gasteiger partial charge in [0.05, 0.1) is 11.2 Å². The van der Waals surface area contributed by atoms with E-state index in [1.165, 1.54) is 5.56 Å². The average molecular weight is 503 g/mol. The lowest BCUT2D eigenvalue weighted by Crippen LogP contribution is -2.50. The zero-order valence-corrected chi connectivity index (χ0v) is 20.8. The van der Waals surface area contributed by atoms with Gasteiger partial charge in [-0.15, -0.1) is 0 Å². The third-order valence-electron chi connectivity index (χ3n) is 6.31. The van der Waals surface area contributed by atoms with Gasteiger partial charge in [0, 0.05) is 36.8 Å². The third-order valence-corrected chi connectivity index (χ3v) is 6.56. The number of ether oxygens (including phenoxy) is 1. The van der Waals surface area contributed by atoms with E-state index in [0.717, 1.165) is 17.7 Å². The molecule has 1 aliphatic heterocycles. The van der Waals surface area contributed by atoms with Crippen LogP contribution in [0.25, 0.3) is 22.3 Å². The molecule has 2 aromatic heterocycles. The maximum atomic E-state index is 12.7. The molecule has 1 fully saturated rings. The number of pyridine rings is 1. The Balaban J connectivity index is 1.30. The van der Waals surface area contributed by atoms with Crippen LogP contribution in [0.1, 0.15) is 12.5 Å². The van der Waals surface area contributed by atoms with E-state index in [2.05, 4.69) is 46.1 Å². The number of aromatic nitrogens is 3. The molecular weight excluding hydrogens is 476 g/mol. The van der Waals surface area contributed by atoms with Crippen LogP contribution in [0.15, 0.2) is 60.7 Å². The first-order chi connectivity index (χ1) is 17.5. The fourth-order valence-corrected chi connectivity index (χ4v) is 4.37. The second-order valence-corrected chi connectivity index (χ2v) is 9.07. The van der Waals surface area contributed by atoms with Crippen molar-refractivity contribution in [1.82, 2.24) is 19.9 Å². The van der Waals surface area contributed by atoms with Crippen molar-refractivity contribution in [3.8, 4) is 17.0 Å². The van der Waals surface area contributed by atoms with E-state index >= 15 is 0 Å². The molecule has 1 saturated heterocycles. The molecule has 0 atom stereocenters. The molecule has 0 saturated carbocycles. The van der Waals surface area contributed by atoms with Gasteiger partial charge in [-0.25, -0.2) is 9.97 Å². The number of fused-ring (bicyclic) bond motifs is 1. The van der Waals surface area contributed by atoms with Gasteiger partial charge in [0.2, 0.25) is 5.95 Å². The number of nitrogens with two attached hydrogens (primary N) is 1. The first-order valence-electron chi connectivity index (χ1n) is 11.9. The Bertz CT molecular complexity index is 1370. The normalized spacial score (nSPS) is 13.7. The van der Waals surface area contributed by atoms with Gasteiger partial charge >= 0.3 is 0 Å². The molecule has 2 N–H and O–H groups in total. The van der Waals surface area contributed by atoms with Crippen LogP contribution in [0.3, 0.4) is 0 Å². The first kappa shape index (κ1) is 23.8. The number of hydrogen-bond donors (Lipinski definition) is 1. The van der Waals surface area contributed by atoms with Gasteiger partial charge in [-0.2, -0.15) is 4.98 Å². The zero-order chi connectivity index (χ0) is 25.1. The molecule has 2 aromatic carbocycles. The number of carbonyl (C=O) groups is 1. The molecule has 0 bridgehead atoms. The minimum absolute atomic E-state index is 0.0211. The van der Waals surface area contributed by atoms with Crippen LogP contribution in [-0.2, 0) is 11.2 Å². The second-order valence-electron chi connectivity index (χ2n) is 8.63. The monoisotopic (exact) mass is 502 g/mol. The second kappa shape index (κ2) is 10.4. The number of nitrogen functional groups attached to an aromatic ring is 1. The van der Waals surface area contributed by atoms with Gasteiger partial charge in [0.1, 0.15) is 11.3 Å². The lowest BCUT2D eigenvalue weighted by Gasteiger charge is -2.35. The fourth-order valence-electron chi connectivity index (χ4n) is 4.24. The first-order valence-corrected chi connectivity index (χ1v) is 12.3. The highest BCUT2D eigenvalue weighted by Crippen LogP contribution is 2.28. The summed E-state index contributed by atoms with van der Waals surface area (Å²) in [6.07, 6.45) is 0.991. The van der Waals surface area contributed by atoms with Crippen molar-refractivity contribution in [3.05, 3.63) is 71.2 Å². The maximum absolute atomic E-state index is 12.7. The van der Waals surface area contributed by atoms with Gasteiger partial charge in [-0.1, -0.05) is 42.8 Å². The van der Waals surface area contributed by atoms with Gasteiger partial charge in [0.15, 0.2) is 12.4 Å². The predicted molar refractivity (Wildman–Crippen MR) is 142 cm³/mol. The van der Waals surface area contributed by atoms with E-state index in [0.29, 0.717) is 53.8 Å². The molecule has 9 heteroatoms. The summed E-state index contributed by atoms with van der Waals surface area (Å²) in [5.41, 5.74) is 10.6. The number of carbonyl (C=O) groups excluding carboxylic acids is 1. The molecule has 0 aliphatic carbocycles. The van der Waals surface area contributed by atoms with Gasteiger partial charge < -0.3 is 20.3 Å². The van der Waals surface area contributed by atoms with E-state index in [1.54, 1.807) is 29.2 Å². The molecule has 3 heterocycles. The third kappa shape index (κ3) is 5.18. The topological polar surface area (TPSA) is 97.5 Å². The largest absolute Gasteiger partial charge is 0.484 e. The van der Waals surface area contributed by atoms with E-state index < -0.39 is 0 Å². The summed E-state index contributed by atoms with van der Waals surface area (Å²) >= 11 is 5.90. The molecule has 0 radical (unpaired) electrons. The summed E-state index contributed by atoms with van der Waals surface area (Å²) in [5.74, 6) is 1.44. The highest BCUT2D eigenvalue weighted by molar-refractivity contribution is 6.30.